The van der Waals surface area contributed by atoms with Crippen molar-refractivity contribution < 1.29 is 4.79 Å². The predicted octanol–water partition coefficient (Wildman–Crippen LogP) is 3.33. The first-order valence-corrected chi connectivity index (χ1v) is 5.95. The molecular weight excluding hydrogens is 234 g/mol. The molecule has 2 aromatic carbocycles. The number of nitrogens with zero attached hydrogens (tertiary/aromatic N) is 1. The minimum atomic E-state index is -0.0368. The standard InChI is InChI=1S/C14H14ClNO/c1-16(2)13-6-5-10-7-12(14(17)9-15)4-3-11(10)8-13/h3-8H,9H2,1-2H3. The molecule has 0 aromatic heterocycles. The van der Waals surface area contributed by atoms with Crippen LogP contribution in [0.2, 0.25) is 0 Å². The second kappa shape index (κ2) is 4.76. The maximum Gasteiger partial charge on any atom is 0.177 e. The third-order valence-electron chi connectivity index (χ3n) is 2.78. The quantitative estimate of drug-likeness (QED) is 0.613. The first-order valence-electron chi connectivity index (χ1n) is 5.42. The third-order valence-corrected chi connectivity index (χ3v) is 3.03. The Hall–Kier alpha value is -1.54. The zero-order chi connectivity index (χ0) is 12.4. The molecule has 2 rings (SSSR count). The lowest BCUT2D eigenvalue weighted by molar-refractivity contribution is 0.102. The first kappa shape index (κ1) is 11.9. The van der Waals surface area contributed by atoms with Gasteiger partial charge in [0, 0.05) is 25.3 Å². The van der Waals surface area contributed by atoms with Crippen molar-refractivity contribution in [3.8, 4) is 0 Å². The van der Waals surface area contributed by atoms with Crippen LogP contribution in [0, 0.1) is 0 Å². The molecule has 3 heteroatoms. The van der Waals surface area contributed by atoms with Crippen molar-refractivity contribution in [2.75, 3.05) is 24.9 Å². The van der Waals surface area contributed by atoms with Gasteiger partial charge in [0.1, 0.15) is 0 Å². The van der Waals surface area contributed by atoms with E-state index in [0.717, 1.165) is 16.5 Å². The minimum Gasteiger partial charge on any atom is -0.378 e. The molecule has 17 heavy (non-hydrogen) atoms. The fraction of sp³-hybridized carbons (Fsp3) is 0.214. The van der Waals surface area contributed by atoms with Gasteiger partial charge in [-0.2, -0.15) is 0 Å². The summed E-state index contributed by atoms with van der Waals surface area (Å²) in [5, 5.41) is 2.19. The zero-order valence-corrected chi connectivity index (χ0v) is 10.7. The Morgan fingerprint density at radius 1 is 1.12 bits per heavy atom. The van der Waals surface area contributed by atoms with Gasteiger partial charge in [0.25, 0.3) is 0 Å². The van der Waals surface area contributed by atoms with Gasteiger partial charge in [0.05, 0.1) is 5.88 Å². The molecule has 2 nitrogen and oxygen atoms in total. The van der Waals surface area contributed by atoms with Crippen molar-refractivity contribution in [2.45, 2.75) is 0 Å². The monoisotopic (exact) mass is 247 g/mol. The zero-order valence-electron chi connectivity index (χ0n) is 9.90. The predicted molar refractivity (Wildman–Crippen MR) is 73.3 cm³/mol. The summed E-state index contributed by atoms with van der Waals surface area (Å²) in [6, 6.07) is 11.8. The van der Waals surface area contributed by atoms with Crippen LogP contribution in [0.4, 0.5) is 5.69 Å². The Balaban J connectivity index is 2.50. The maximum absolute atomic E-state index is 11.5. The van der Waals surface area contributed by atoms with E-state index < -0.39 is 0 Å². The smallest absolute Gasteiger partial charge is 0.177 e. The van der Waals surface area contributed by atoms with E-state index in [1.807, 2.05) is 44.4 Å². The van der Waals surface area contributed by atoms with Crippen molar-refractivity contribution in [3.05, 3.63) is 42.0 Å². The first-order chi connectivity index (χ1) is 8.11. The SMILES string of the molecule is CN(C)c1ccc2cc(C(=O)CCl)ccc2c1. The number of anilines is 1. The molecule has 0 radical (unpaired) electrons. The second-order valence-electron chi connectivity index (χ2n) is 4.20. The fourth-order valence-electron chi connectivity index (χ4n) is 1.76. The van der Waals surface area contributed by atoms with Crippen molar-refractivity contribution in [1.82, 2.24) is 0 Å². The normalized spacial score (nSPS) is 10.5. The summed E-state index contributed by atoms with van der Waals surface area (Å²) in [7, 11) is 4.01. The van der Waals surface area contributed by atoms with Crippen LogP contribution in [-0.4, -0.2) is 25.8 Å². The van der Waals surface area contributed by atoms with Crippen molar-refractivity contribution in [1.29, 1.82) is 0 Å². The highest BCUT2D eigenvalue weighted by Gasteiger charge is 2.05. The Labute approximate surface area is 106 Å². The summed E-state index contributed by atoms with van der Waals surface area (Å²) in [5.41, 5.74) is 1.82. The number of carbonyl (C=O) groups is 1. The molecule has 0 N–H and O–H groups in total. The van der Waals surface area contributed by atoms with Crippen LogP contribution in [0.15, 0.2) is 36.4 Å². The van der Waals surface area contributed by atoms with E-state index >= 15 is 0 Å². The summed E-state index contributed by atoms with van der Waals surface area (Å²) in [6.45, 7) is 0. The number of fused-ring (bicyclic) bond motifs is 1. The van der Waals surface area contributed by atoms with Crippen LogP contribution in [0.25, 0.3) is 10.8 Å². The van der Waals surface area contributed by atoms with Gasteiger partial charge < -0.3 is 4.90 Å². The Morgan fingerprint density at radius 3 is 2.41 bits per heavy atom. The highest BCUT2D eigenvalue weighted by molar-refractivity contribution is 6.30. The largest absolute Gasteiger partial charge is 0.378 e. The van der Waals surface area contributed by atoms with Gasteiger partial charge in [0.2, 0.25) is 0 Å². The molecule has 0 saturated carbocycles. The second-order valence-corrected chi connectivity index (χ2v) is 4.46. The number of ketones is 1. The van der Waals surface area contributed by atoms with E-state index in [0.29, 0.717) is 5.56 Å². The molecule has 0 spiro atoms. The number of alkyl halides is 1. The lowest BCUT2D eigenvalue weighted by atomic mass is 10.0. The summed E-state index contributed by atoms with van der Waals surface area (Å²) in [4.78, 5) is 13.5. The third kappa shape index (κ3) is 2.42. The Bertz CT molecular complexity index is 563. The van der Waals surface area contributed by atoms with Gasteiger partial charge in [-0.15, -0.1) is 11.6 Å². The number of hydrogen-bond acceptors (Lipinski definition) is 2. The molecule has 0 saturated heterocycles. The molecule has 88 valence electrons. The molecule has 0 aliphatic rings. The van der Waals surface area contributed by atoms with Gasteiger partial charge in [-0.05, 0) is 29.0 Å². The van der Waals surface area contributed by atoms with Crippen molar-refractivity contribution >= 4 is 33.8 Å². The Morgan fingerprint density at radius 2 is 1.76 bits per heavy atom. The summed E-state index contributed by atoms with van der Waals surface area (Å²) in [5.74, 6) is -0.00775. The van der Waals surface area contributed by atoms with Crippen molar-refractivity contribution in [3.63, 3.8) is 0 Å². The average molecular weight is 248 g/mol. The molecule has 0 aliphatic heterocycles. The number of rotatable bonds is 3. The highest BCUT2D eigenvalue weighted by Crippen LogP contribution is 2.22. The van der Waals surface area contributed by atoms with Gasteiger partial charge in [-0.25, -0.2) is 0 Å². The maximum atomic E-state index is 11.5. The fourth-order valence-corrected chi connectivity index (χ4v) is 1.92. The lowest BCUT2D eigenvalue weighted by Gasteiger charge is -2.13. The number of benzene rings is 2. The van der Waals surface area contributed by atoms with Gasteiger partial charge in [-0.1, -0.05) is 18.2 Å². The molecule has 0 amide bonds. The molecule has 0 heterocycles. The molecular formula is C14H14ClNO. The summed E-state index contributed by atoms with van der Waals surface area (Å²) < 4.78 is 0. The summed E-state index contributed by atoms with van der Waals surface area (Å²) in [6.07, 6.45) is 0. The van der Waals surface area contributed by atoms with E-state index in [-0.39, 0.29) is 11.7 Å². The minimum absolute atomic E-state index is 0.0291. The Kier molecular flexibility index (Phi) is 3.34. The molecule has 0 bridgehead atoms. The van der Waals surface area contributed by atoms with Gasteiger partial charge >= 0.3 is 0 Å². The molecule has 0 aliphatic carbocycles. The number of hydrogen-bond donors (Lipinski definition) is 0. The van der Waals surface area contributed by atoms with E-state index in [1.54, 1.807) is 0 Å². The average Bonchev–Trinajstić information content (AvgIpc) is 2.36. The van der Waals surface area contributed by atoms with Crippen LogP contribution < -0.4 is 4.90 Å². The van der Waals surface area contributed by atoms with E-state index in [1.165, 1.54) is 0 Å². The molecule has 0 atom stereocenters. The van der Waals surface area contributed by atoms with Crippen molar-refractivity contribution in [2.24, 2.45) is 0 Å². The van der Waals surface area contributed by atoms with E-state index in [4.69, 9.17) is 11.6 Å². The van der Waals surface area contributed by atoms with Crippen LogP contribution in [0.3, 0.4) is 0 Å². The van der Waals surface area contributed by atoms with Gasteiger partial charge in [0.15, 0.2) is 5.78 Å². The van der Waals surface area contributed by atoms with E-state index in [2.05, 4.69) is 11.0 Å². The lowest BCUT2D eigenvalue weighted by Crippen LogP contribution is -2.08. The van der Waals surface area contributed by atoms with Crippen LogP contribution >= 0.6 is 11.6 Å². The molecule has 0 unspecified atom stereocenters. The summed E-state index contributed by atoms with van der Waals surface area (Å²) >= 11 is 5.55. The number of halogens is 1. The molecule has 0 fully saturated rings. The van der Waals surface area contributed by atoms with Crippen LogP contribution in [-0.2, 0) is 0 Å². The van der Waals surface area contributed by atoms with Crippen LogP contribution in [0.5, 0.6) is 0 Å². The highest BCUT2D eigenvalue weighted by atomic mass is 35.5. The van der Waals surface area contributed by atoms with Crippen LogP contribution in [0.1, 0.15) is 10.4 Å². The molecule has 2 aromatic rings. The van der Waals surface area contributed by atoms with E-state index in [9.17, 15) is 4.79 Å². The topological polar surface area (TPSA) is 20.3 Å². The number of carbonyl (C=O) groups excluding carboxylic acids is 1. The van der Waals surface area contributed by atoms with Gasteiger partial charge in [-0.3, -0.25) is 4.79 Å². The number of Topliss-reactive ketones (excluding diaryl/α,β-unsaturated/α-hetero) is 1.